The zero-order chi connectivity index (χ0) is 25.9. The number of carbonyl (C=O) groups is 1. The summed E-state index contributed by atoms with van der Waals surface area (Å²) < 4.78 is 16.3. The summed E-state index contributed by atoms with van der Waals surface area (Å²) in [6.07, 6.45) is 2.25. The van der Waals surface area contributed by atoms with Crippen molar-refractivity contribution >= 4 is 11.9 Å². The SMILES string of the molecule is CCC(C)(CC(=O)O)c1cccc(Cn2cc(-c3cc(-c4cccc(C#N)c4F)nc(N)n3)nn2)n1. The Morgan fingerprint density at radius 1 is 1.17 bits per heavy atom. The zero-order valence-electron chi connectivity index (χ0n) is 19.7. The molecule has 0 aliphatic rings. The second-order valence-corrected chi connectivity index (χ2v) is 8.58. The maximum atomic E-state index is 14.7. The van der Waals surface area contributed by atoms with Crippen molar-refractivity contribution in [1.82, 2.24) is 29.9 Å². The van der Waals surface area contributed by atoms with Gasteiger partial charge in [0.05, 0.1) is 41.8 Å². The molecule has 0 aliphatic heterocycles. The molecule has 182 valence electrons. The summed E-state index contributed by atoms with van der Waals surface area (Å²) in [6.45, 7) is 4.11. The molecule has 4 rings (SSSR count). The minimum absolute atomic E-state index is 0.0250. The molecular weight excluding hydrogens is 463 g/mol. The standard InChI is InChI=1S/C25H23FN8O2/c1-3-25(2,11-22(35)36)21-9-5-7-16(29-21)13-34-14-20(32-33-34)19-10-18(30-24(28)31-19)17-8-4-6-15(12-27)23(17)26/h4-10,14H,3,11,13H2,1-2H3,(H,35,36)(H2,28,30,31). The summed E-state index contributed by atoms with van der Waals surface area (Å²) >= 11 is 0. The molecular formula is C25H23FN8O2. The fraction of sp³-hybridized carbons (Fsp3) is 0.240. The second-order valence-electron chi connectivity index (χ2n) is 8.58. The number of carboxylic acid groups (broad SMARTS) is 1. The van der Waals surface area contributed by atoms with Crippen LogP contribution in [0, 0.1) is 17.1 Å². The van der Waals surface area contributed by atoms with Gasteiger partial charge in [-0.15, -0.1) is 5.10 Å². The number of nitriles is 1. The number of rotatable bonds is 8. The van der Waals surface area contributed by atoms with Crippen LogP contribution in [-0.4, -0.2) is 41.0 Å². The lowest BCUT2D eigenvalue weighted by Gasteiger charge is -2.26. The molecule has 0 saturated heterocycles. The van der Waals surface area contributed by atoms with Gasteiger partial charge in [0.25, 0.3) is 0 Å². The minimum Gasteiger partial charge on any atom is -0.481 e. The van der Waals surface area contributed by atoms with E-state index >= 15 is 0 Å². The first kappa shape index (κ1) is 24.4. The first-order valence-electron chi connectivity index (χ1n) is 11.1. The van der Waals surface area contributed by atoms with Crippen molar-refractivity contribution in [3.8, 4) is 28.7 Å². The molecule has 0 radical (unpaired) electrons. The number of halogens is 1. The topological polar surface area (TPSA) is 156 Å². The van der Waals surface area contributed by atoms with Crippen LogP contribution in [0.15, 0.2) is 48.7 Å². The summed E-state index contributed by atoms with van der Waals surface area (Å²) in [5.74, 6) is -1.65. The predicted octanol–water partition coefficient (Wildman–Crippen LogP) is 3.58. The summed E-state index contributed by atoms with van der Waals surface area (Å²) in [5, 5.41) is 26.7. The number of nitrogens with zero attached hydrogens (tertiary/aromatic N) is 7. The Morgan fingerprint density at radius 2 is 1.92 bits per heavy atom. The van der Waals surface area contributed by atoms with Crippen LogP contribution >= 0.6 is 0 Å². The quantitative estimate of drug-likeness (QED) is 0.380. The van der Waals surface area contributed by atoms with Gasteiger partial charge in [-0.05, 0) is 36.8 Å². The Morgan fingerprint density at radius 3 is 2.64 bits per heavy atom. The van der Waals surface area contributed by atoms with E-state index in [1.54, 1.807) is 16.9 Å². The van der Waals surface area contributed by atoms with Crippen molar-refractivity contribution in [3.05, 3.63) is 71.4 Å². The van der Waals surface area contributed by atoms with E-state index in [9.17, 15) is 14.3 Å². The molecule has 10 nitrogen and oxygen atoms in total. The number of nitrogens with two attached hydrogens (primary N) is 1. The predicted molar refractivity (Wildman–Crippen MR) is 129 cm³/mol. The number of carboxylic acids is 1. The molecule has 1 aromatic carbocycles. The molecule has 1 atom stereocenters. The summed E-state index contributed by atoms with van der Waals surface area (Å²) in [4.78, 5) is 24.3. The van der Waals surface area contributed by atoms with E-state index in [0.717, 1.165) is 0 Å². The molecule has 0 amide bonds. The molecule has 3 aromatic heterocycles. The molecule has 0 bridgehead atoms. The number of pyridine rings is 1. The van der Waals surface area contributed by atoms with Gasteiger partial charge in [-0.1, -0.05) is 31.2 Å². The van der Waals surface area contributed by atoms with E-state index in [0.29, 0.717) is 35.7 Å². The van der Waals surface area contributed by atoms with Crippen LogP contribution in [0.5, 0.6) is 0 Å². The van der Waals surface area contributed by atoms with Crippen molar-refractivity contribution in [2.75, 3.05) is 5.73 Å². The molecule has 0 fully saturated rings. The number of aliphatic carboxylic acids is 1. The second kappa shape index (κ2) is 9.87. The highest BCUT2D eigenvalue weighted by Gasteiger charge is 2.29. The highest BCUT2D eigenvalue weighted by Crippen LogP contribution is 2.30. The van der Waals surface area contributed by atoms with E-state index in [-0.39, 0.29) is 29.2 Å². The van der Waals surface area contributed by atoms with E-state index < -0.39 is 17.2 Å². The number of benzene rings is 1. The van der Waals surface area contributed by atoms with Crippen molar-refractivity contribution in [2.24, 2.45) is 0 Å². The lowest BCUT2D eigenvalue weighted by molar-refractivity contribution is -0.138. The van der Waals surface area contributed by atoms with Gasteiger partial charge in [-0.3, -0.25) is 9.78 Å². The van der Waals surface area contributed by atoms with Gasteiger partial charge in [0.2, 0.25) is 5.95 Å². The normalized spacial score (nSPS) is 12.6. The van der Waals surface area contributed by atoms with E-state index in [1.165, 1.54) is 18.2 Å². The van der Waals surface area contributed by atoms with Crippen LogP contribution in [0.25, 0.3) is 22.6 Å². The fourth-order valence-electron chi connectivity index (χ4n) is 3.84. The fourth-order valence-corrected chi connectivity index (χ4v) is 3.84. The number of hydrogen-bond donors (Lipinski definition) is 2. The average molecular weight is 487 g/mol. The smallest absolute Gasteiger partial charge is 0.304 e. The van der Waals surface area contributed by atoms with Gasteiger partial charge in [-0.2, -0.15) is 5.26 Å². The molecule has 4 aromatic rings. The molecule has 0 spiro atoms. The first-order chi connectivity index (χ1) is 17.2. The first-order valence-corrected chi connectivity index (χ1v) is 11.1. The van der Waals surface area contributed by atoms with Crippen LogP contribution in [0.4, 0.5) is 10.3 Å². The number of anilines is 1. The number of nitrogen functional groups attached to an aromatic ring is 1. The Hall–Kier alpha value is -4.72. The molecule has 3 N–H and O–H groups in total. The van der Waals surface area contributed by atoms with Gasteiger partial charge < -0.3 is 10.8 Å². The molecule has 0 saturated carbocycles. The highest BCUT2D eigenvalue weighted by molar-refractivity contribution is 5.69. The third kappa shape index (κ3) is 5.02. The lowest BCUT2D eigenvalue weighted by atomic mass is 9.80. The average Bonchev–Trinajstić information content (AvgIpc) is 3.32. The Kier molecular flexibility index (Phi) is 6.69. The van der Waals surface area contributed by atoms with Crippen LogP contribution in [0.2, 0.25) is 0 Å². The minimum atomic E-state index is -0.879. The largest absolute Gasteiger partial charge is 0.481 e. The third-order valence-corrected chi connectivity index (χ3v) is 6.01. The lowest BCUT2D eigenvalue weighted by Crippen LogP contribution is -2.26. The van der Waals surface area contributed by atoms with E-state index in [2.05, 4.69) is 25.3 Å². The van der Waals surface area contributed by atoms with Crippen LogP contribution in [-0.2, 0) is 16.8 Å². The number of hydrogen-bond acceptors (Lipinski definition) is 8. The van der Waals surface area contributed by atoms with Crippen molar-refractivity contribution in [2.45, 2.75) is 38.6 Å². The molecule has 0 aliphatic carbocycles. The van der Waals surface area contributed by atoms with Gasteiger partial charge >= 0.3 is 5.97 Å². The Bertz CT molecular complexity index is 1480. The van der Waals surface area contributed by atoms with Gasteiger partial charge in [0.1, 0.15) is 17.6 Å². The monoisotopic (exact) mass is 486 g/mol. The van der Waals surface area contributed by atoms with Crippen molar-refractivity contribution in [3.63, 3.8) is 0 Å². The molecule has 11 heteroatoms. The molecule has 1 unspecified atom stereocenters. The van der Waals surface area contributed by atoms with Crippen LogP contribution in [0.1, 0.15) is 43.6 Å². The van der Waals surface area contributed by atoms with E-state index in [1.807, 2.05) is 38.1 Å². The van der Waals surface area contributed by atoms with Crippen LogP contribution < -0.4 is 5.73 Å². The Balaban J connectivity index is 1.62. The molecule has 3 heterocycles. The number of aromatic nitrogens is 6. The van der Waals surface area contributed by atoms with Gasteiger partial charge in [0, 0.05) is 16.7 Å². The van der Waals surface area contributed by atoms with Crippen molar-refractivity contribution in [1.29, 1.82) is 5.26 Å². The summed E-state index contributed by atoms with van der Waals surface area (Å²) in [6, 6.07) is 13.3. The third-order valence-electron chi connectivity index (χ3n) is 6.01. The Labute approximate surface area is 206 Å². The molecule has 36 heavy (non-hydrogen) atoms. The summed E-state index contributed by atoms with van der Waals surface area (Å²) in [7, 11) is 0. The highest BCUT2D eigenvalue weighted by atomic mass is 19.1. The van der Waals surface area contributed by atoms with Crippen LogP contribution in [0.3, 0.4) is 0 Å². The van der Waals surface area contributed by atoms with Gasteiger partial charge in [-0.25, -0.2) is 19.0 Å². The van der Waals surface area contributed by atoms with E-state index in [4.69, 9.17) is 11.0 Å². The van der Waals surface area contributed by atoms with Crippen molar-refractivity contribution < 1.29 is 14.3 Å². The zero-order valence-corrected chi connectivity index (χ0v) is 19.7. The van der Waals surface area contributed by atoms with Gasteiger partial charge in [0.15, 0.2) is 0 Å². The summed E-state index contributed by atoms with van der Waals surface area (Å²) in [5.41, 5.74) is 7.63. The maximum absolute atomic E-state index is 14.7. The maximum Gasteiger partial charge on any atom is 0.304 e.